The highest BCUT2D eigenvalue weighted by Gasteiger charge is 2.16. The van der Waals surface area contributed by atoms with Gasteiger partial charge in [0.05, 0.1) is 11.0 Å². The summed E-state index contributed by atoms with van der Waals surface area (Å²) in [5, 5.41) is 5.32. The van der Waals surface area contributed by atoms with Crippen molar-refractivity contribution in [1.29, 1.82) is 0 Å². The number of fused-ring (bicyclic) bond motifs is 6. The summed E-state index contributed by atoms with van der Waals surface area (Å²) in [4.78, 5) is 0. The van der Waals surface area contributed by atoms with Gasteiger partial charge in [-0.1, -0.05) is 103 Å². The van der Waals surface area contributed by atoms with Crippen molar-refractivity contribution in [2.45, 2.75) is 13.8 Å². The van der Waals surface area contributed by atoms with Crippen LogP contribution in [0, 0.1) is 13.8 Å². The second kappa shape index (κ2) is 8.94. The molecule has 0 bridgehead atoms. The Bertz CT molecular complexity index is 2150. The van der Waals surface area contributed by atoms with E-state index in [0.717, 1.165) is 0 Å². The van der Waals surface area contributed by atoms with Gasteiger partial charge in [-0.05, 0) is 71.5 Å². The molecule has 6 aromatic carbocycles. The zero-order chi connectivity index (χ0) is 26.8. The third-order valence-electron chi connectivity index (χ3n) is 8.27. The quantitative estimate of drug-likeness (QED) is 0.214. The first-order valence-corrected chi connectivity index (χ1v) is 14.6. The van der Waals surface area contributed by atoms with Crippen LogP contribution >= 0.6 is 11.3 Å². The van der Waals surface area contributed by atoms with E-state index in [1.165, 1.54) is 81.0 Å². The van der Waals surface area contributed by atoms with E-state index in [0.29, 0.717) is 0 Å². The van der Waals surface area contributed by atoms with E-state index in [1.54, 1.807) is 0 Å². The van der Waals surface area contributed by atoms with Crippen molar-refractivity contribution in [3.63, 3.8) is 0 Å². The molecule has 0 aliphatic carbocycles. The molecule has 0 atom stereocenters. The number of thiophene rings is 1. The van der Waals surface area contributed by atoms with Gasteiger partial charge in [-0.2, -0.15) is 0 Å². The lowest BCUT2D eigenvalue weighted by atomic mass is 9.97. The molecule has 8 rings (SSSR count). The molecule has 0 saturated heterocycles. The molecule has 40 heavy (non-hydrogen) atoms. The highest BCUT2D eigenvalue weighted by atomic mass is 32.1. The normalized spacial score (nSPS) is 11.8. The van der Waals surface area contributed by atoms with Crippen molar-refractivity contribution in [2.24, 2.45) is 0 Å². The molecular weight excluding hydrogens is 502 g/mol. The SMILES string of the molecule is Cc1cccc2c3cccc(C)c3n(-c3ccc(-c4ccc(-c5cccc6sc7ccccc7c56)cc4)cc3)c12. The van der Waals surface area contributed by atoms with Gasteiger partial charge in [0.25, 0.3) is 0 Å². The smallest absolute Gasteiger partial charge is 0.0570 e. The summed E-state index contributed by atoms with van der Waals surface area (Å²) in [6, 6.07) is 46.7. The van der Waals surface area contributed by atoms with Crippen molar-refractivity contribution < 1.29 is 0 Å². The fourth-order valence-corrected chi connectivity index (χ4v) is 7.51. The summed E-state index contributed by atoms with van der Waals surface area (Å²) < 4.78 is 5.12. The average Bonchev–Trinajstić information content (AvgIpc) is 3.55. The van der Waals surface area contributed by atoms with E-state index in [9.17, 15) is 0 Å². The molecule has 0 aliphatic rings. The van der Waals surface area contributed by atoms with Crippen LogP contribution in [-0.2, 0) is 0 Å². The number of aryl methyl sites for hydroxylation is 2. The fourth-order valence-electron chi connectivity index (χ4n) is 6.38. The van der Waals surface area contributed by atoms with Crippen LogP contribution in [-0.4, -0.2) is 4.57 Å². The second-order valence-corrected chi connectivity index (χ2v) is 11.8. The largest absolute Gasteiger partial charge is 0.309 e. The average molecular weight is 530 g/mol. The molecule has 0 fully saturated rings. The summed E-state index contributed by atoms with van der Waals surface area (Å²) in [7, 11) is 0. The lowest BCUT2D eigenvalue weighted by molar-refractivity contribution is 1.16. The van der Waals surface area contributed by atoms with Crippen molar-refractivity contribution >= 4 is 53.3 Å². The molecule has 1 nitrogen and oxygen atoms in total. The van der Waals surface area contributed by atoms with Crippen molar-refractivity contribution in [2.75, 3.05) is 0 Å². The van der Waals surface area contributed by atoms with Crippen LogP contribution in [0.25, 0.3) is 69.9 Å². The van der Waals surface area contributed by atoms with E-state index in [1.807, 2.05) is 11.3 Å². The van der Waals surface area contributed by atoms with Crippen LogP contribution in [0.4, 0.5) is 0 Å². The minimum absolute atomic E-state index is 1.19. The van der Waals surface area contributed by atoms with Crippen molar-refractivity contribution in [1.82, 2.24) is 4.57 Å². The van der Waals surface area contributed by atoms with Gasteiger partial charge < -0.3 is 4.57 Å². The summed E-state index contributed by atoms with van der Waals surface area (Å²) in [6.45, 7) is 4.42. The molecule has 8 aromatic rings. The Balaban J connectivity index is 1.20. The standard InChI is InChI=1S/C38H27NS/c1-24-8-5-12-31-32-13-6-9-25(2)38(32)39(37(24)31)29-22-20-27(21-23-29)26-16-18-28(19-17-26)30-11-7-15-35-36(30)33-10-3-4-14-34(33)40-35/h3-23H,1-2H3. The lowest BCUT2D eigenvalue weighted by Gasteiger charge is -2.12. The predicted molar refractivity (Wildman–Crippen MR) is 174 cm³/mol. The van der Waals surface area contributed by atoms with Crippen LogP contribution < -0.4 is 0 Å². The highest BCUT2D eigenvalue weighted by Crippen LogP contribution is 2.40. The van der Waals surface area contributed by atoms with Gasteiger partial charge in [-0.3, -0.25) is 0 Å². The topological polar surface area (TPSA) is 4.93 Å². The van der Waals surface area contributed by atoms with E-state index >= 15 is 0 Å². The van der Waals surface area contributed by atoms with Gasteiger partial charge >= 0.3 is 0 Å². The zero-order valence-electron chi connectivity index (χ0n) is 22.5. The van der Waals surface area contributed by atoms with Crippen LogP contribution in [0.1, 0.15) is 11.1 Å². The Morgan fingerprint density at radius 2 is 0.975 bits per heavy atom. The monoisotopic (exact) mass is 529 g/mol. The van der Waals surface area contributed by atoms with Crippen LogP contribution in [0.3, 0.4) is 0 Å². The van der Waals surface area contributed by atoms with E-state index < -0.39 is 0 Å². The molecule has 0 amide bonds. The number of nitrogens with zero attached hydrogens (tertiary/aromatic N) is 1. The first-order valence-electron chi connectivity index (χ1n) is 13.8. The Kier molecular flexibility index (Phi) is 5.20. The van der Waals surface area contributed by atoms with Gasteiger partial charge in [-0.25, -0.2) is 0 Å². The second-order valence-electron chi connectivity index (χ2n) is 10.7. The minimum Gasteiger partial charge on any atom is -0.309 e. The molecule has 0 aliphatic heterocycles. The maximum atomic E-state index is 2.44. The van der Waals surface area contributed by atoms with E-state index in [2.05, 4.69) is 146 Å². The van der Waals surface area contributed by atoms with Gasteiger partial charge in [0, 0.05) is 36.6 Å². The number of hydrogen-bond donors (Lipinski definition) is 0. The Labute approximate surface area is 237 Å². The third-order valence-corrected chi connectivity index (χ3v) is 9.41. The summed E-state index contributed by atoms with van der Waals surface area (Å²) in [5.74, 6) is 0. The van der Waals surface area contributed by atoms with Gasteiger partial charge in [-0.15, -0.1) is 11.3 Å². The number of rotatable bonds is 3. The molecule has 0 spiro atoms. The first-order chi connectivity index (χ1) is 19.7. The third kappa shape index (κ3) is 3.46. The number of para-hydroxylation sites is 2. The van der Waals surface area contributed by atoms with Crippen molar-refractivity contribution in [3.05, 3.63) is 139 Å². The Morgan fingerprint density at radius 3 is 1.65 bits per heavy atom. The fraction of sp³-hybridized carbons (Fsp3) is 0.0526. The molecule has 0 N–H and O–H groups in total. The molecule has 0 unspecified atom stereocenters. The summed E-state index contributed by atoms with van der Waals surface area (Å²) >= 11 is 1.87. The highest BCUT2D eigenvalue weighted by molar-refractivity contribution is 7.25. The van der Waals surface area contributed by atoms with E-state index in [4.69, 9.17) is 0 Å². The van der Waals surface area contributed by atoms with E-state index in [-0.39, 0.29) is 0 Å². The van der Waals surface area contributed by atoms with Crippen LogP contribution in [0.5, 0.6) is 0 Å². The number of benzene rings is 6. The molecule has 2 aromatic heterocycles. The molecule has 190 valence electrons. The van der Waals surface area contributed by atoms with Crippen molar-refractivity contribution in [3.8, 4) is 27.9 Å². The minimum atomic E-state index is 1.19. The number of hydrogen-bond acceptors (Lipinski definition) is 1. The summed E-state index contributed by atoms with van der Waals surface area (Å²) in [5.41, 5.74) is 11.4. The van der Waals surface area contributed by atoms with Gasteiger partial charge in [0.1, 0.15) is 0 Å². The molecule has 0 radical (unpaired) electrons. The Hall–Kier alpha value is -4.66. The lowest BCUT2D eigenvalue weighted by Crippen LogP contribution is -1.96. The molecular formula is C38H27NS. The van der Waals surface area contributed by atoms with Gasteiger partial charge in [0.2, 0.25) is 0 Å². The maximum Gasteiger partial charge on any atom is 0.0570 e. The predicted octanol–water partition coefficient (Wildman–Crippen LogP) is 11.1. The number of aromatic nitrogens is 1. The maximum absolute atomic E-state index is 2.44. The Morgan fingerprint density at radius 1 is 0.450 bits per heavy atom. The van der Waals surface area contributed by atoms with Crippen LogP contribution in [0.2, 0.25) is 0 Å². The van der Waals surface area contributed by atoms with Gasteiger partial charge in [0.15, 0.2) is 0 Å². The zero-order valence-corrected chi connectivity index (χ0v) is 23.3. The molecule has 2 heteroatoms. The van der Waals surface area contributed by atoms with Crippen LogP contribution in [0.15, 0.2) is 127 Å². The summed E-state index contributed by atoms with van der Waals surface area (Å²) in [6.07, 6.45) is 0. The molecule has 2 heterocycles. The molecule has 0 saturated carbocycles. The first kappa shape index (κ1) is 23.2.